The van der Waals surface area contributed by atoms with Crippen molar-refractivity contribution in [3.05, 3.63) is 117 Å². The summed E-state index contributed by atoms with van der Waals surface area (Å²) in [6.07, 6.45) is 0. The van der Waals surface area contributed by atoms with E-state index in [0.717, 1.165) is 10.1 Å². The summed E-state index contributed by atoms with van der Waals surface area (Å²) in [5.41, 5.74) is 0.281. The maximum absolute atomic E-state index is 12.8. The van der Waals surface area contributed by atoms with Crippen LogP contribution in [-0.2, 0) is 6.54 Å². The zero-order chi connectivity index (χ0) is 23.2. The van der Waals surface area contributed by atoms with Crippen LogP contribution < -0.4 is 21.3 Å². The van der Waals surface area contributed by atoms with Gasteiger partial charge in [0.25, 0.3) is 5.56 Å². The molecule has 3 aromatic carbocycles. The minimum absolute atomic E-state index is 0.131. The third-order valence-electron chi connectivity index (χ3n) is 4.95. The molecule has 0 spiro atoms. The topological polar surface area (TPSA) is 109 Å². The molecule has 0 aliphatic carbocycles. The van der Waals surface area contributed by atoms with Crippen molar-refractivity contribution in [1.29, 1.82) is 0 Å². The number of para-hydroxylation sites is 1. The van der Waals surface area contributed by atoms with E-state index in [9.17, 15) is 14.7 Å². The molecule has 33 heavy (non-hydrogen) atoms. The number of aromatic hydroxyl groups is 1. The zero-order valence-electron chi connectivity index (χ0n) is 17.9. The number of nitrogens with one attached hydrogen (secondary N) is 2. The molecule has 0 aliphatic heterocycles. The number of aromatic nitrogens is 2. The molecule has 4 aromatic rings. The fraction of sp³-hybridized carbons (Fsp3) is 0.0800. The summed E-state index contributed by atoms with van der Waals surface area (Å²) >= 11 is 0. The van der Waals surface area contributed by atoms with E-state index in [0.29, 0.717) is 17.1 Å². The van der Waals surface area contributed by atoms with Crippen molar-refractivity contribution in [3.8, 4) is 17.3 Å². The Kier molecular flexibility index (Phi) is 6.36. The predicted molar refractivity (Wildman–Crippen MR) is 128 cm³/mol. The van der Waals surface area contributed by atoms with Gasteiger partial charge in [0.05, 0.1) is 19.3 Å². The number of anilines is 1. The van der Waals surface area contributed by atoms with Crippen molar-refractivity contribution in [2.24, 2.45) is 4.99 Å². The Morgan fingerprint density at radius 2 is 1.61 bits per heavy atom. The van der Waals surface area contributed by atoms with Gasteiger partial charge in [0.2, 0.25) is 5.88 Å². The summed E-state index contributed by atoms with van der Waals surface area (Å²) in [4.78, 5) is 32.2. The van der Waals surface area contributed by atoms with Crippen LogP contribution in [0.3, 0.4) is 0 Å². The summed E-state index contributed by atoms with van der Waals surface area (Å²) < 4.78 is 6.16. The van der Waals surface area contributed by atoms with Gasteiger partial charge in [0.15, 0.2) is 0 Å². The molecule has 166 valence electrons. The zero-order valence-corrected chi connectivity index (χ0v) is 17.9. The van der Waals surface area contributed by atoms with Crippen molar-refractivity contribution >= 4 is 11.5 Å². The Morgan fingerprint density at radius 3 is 2.24 bits per heavy atom. The standard InChI is InChI=1S/C25H22N4O4/c1-33-20-14-12-19(13-15-20)29-24(31)21(23(30)28-25(29)32)22(27-18-10-6-3-7-11-18)26-16-17-8-4-2-5-9-17/h2-15,31H,16H2,1H3,(H,26,27)(H,28,30,32). The molecule has 0 unspecified atom stereocenters. The number of hydrogen-bond donors (Lipinski definition) is 3. The van der Waals surface area contributed by atoms with E-state index in [1.54, 1.807) is 24.3 Å². The van der Waals surface area contributed by atoms with Crippen molar-refractivity contribution in [2.75, 3.05) is 12.4 Å². The molecule has 0 saturated carbocycles. The van der Waals surface area contributed by atoms with E-state index in [2.05, 4.69) is 15.3 Å². The minimum Gasteiger partial charge on any atom is -0.497 e. The number of nitrogens with zero attached hydrogens (tertiary/aromatic N) is 2. The summed E-state index contributed by atoms with van der Waals surface area (Å²) in [7, 11) is 1.53. The smallest absolute Gasteiger partial charge is 0.335 e. The molecule has 8 heteroatoms. The number of methoxy groups -OCH3 is 1. The van der Waals surface area contributed by atoms with Gasteiger partial charge in [0.1, 0.15) is 17.1 Å². The van der Waals surface area contributed by atoms with Crippen molar-refractivity contribution in [2.45, 2.75) is 6.54 Å². The van der Waals surface area contributed by atoms with E-state index in [-0.39, 0.29) is 17.9 Å². The van der Waals surface area contributed by atoms with Gasteiger partial charge in [0, 0.05) is 5.69 Å². The second-order valence-electron chi connectivity index (χ2n) is 7.13. The van der Waals surface area contributed by atoms with Gasteiger partial charge < -0.3 is 15.2 Å². The molecule has 1 aromatic heterocycles. The summed E-state index contributed by atoms with van der Waals surface area (Å²) in [6, 6.07) is 25.2. The van der Waals surface area contributed by atoms with Crippen LogP contribution in [0.4, 0.5) is 5.69 Å². The van der Waals surface area contributed by atoms with Crippen molar-refractivity contribution < 1.29 is 9.84 Å². The monoisotopic (exact) mass is 442 g/mol. The number of aromatic amines is 1. The number of rotatable bonds is 6. The van der Waals surface area contributed by atoms with E-state index >= 15 is 0 Å². The Labute approximate surface area is 189 Å². The van der Waals surface area contributed by atoms with Gasteiger partial charge in [-0.1, -0.05) is 48.5 Å². The maximum atomic E-state index is 12.8. The lowest BCUT2D eigenvalue weighted by atomic mass is 10.2. The Morgan fingerprint density at radius 1 is 0.970 bits per heavy atom. The number of aliphatic imine (C=N–C) groups is 1. The van der Waals surface area contributed by atoms with E-state index in [4.69, 9.17) is 4.74 Å². The third kappa shape index (κ3) is 4.85. The molecule has 0 saturated heterocycles. The highest BCUT2D eigenvalue weighted by Gasteiger charge is 2.21. The molecule has 0 radical (unpaired) electrons. The van der Waals surface area contributed by atoms with Gasteiger partial charge in [-0.15, -0.1) is 0 Å². The van der Waals surface area contributed by atoms with Gasteiger partial charge in [-0.25, -0.2) is 9.36 Å². The van der Waals surface area contributed by atoms with Crippen molar-refractivity contribution in [3.63, 3.8) is 0 Å². The molecular formula is C25H22N4O4. The largest absolute Gasteiger partial charge is 0.497 e. The second kappa shape index (κ2) is 9.69. The number of amidine groups is 1. The van der Waals surface area contributed by atoms with Crippen LogP contribution in [0.2, 0.25) is 0 Å². The van der Waals surface area contributed by atoms with Crippen LogP contribution in [0.25, 0.3) is 5.69 Å². The second-order valence-corrected chi connectivity index (χ2v) is 7.13. The van der Waals surface area contributed by atoms with Crippen LogP contribution >= 0.6 is 0 Å². The number of ether oxygens (including phenoxy) is 1. The highest BCUT2D eigenvalue weighted by Crippen LogP contribution is 2.21. The quantitative estimate of drug-likeness (QED) is 0.314. The molecule has 3 N–H and O–H groups in total. The molecule has 0 atom stereocenters. The molecule has 0 amide bonds. The first kappa shape index (κ1) is 21.6. The predicted octanol–water partition coefficient (Wildman–Crippen LogP) is 3.30. The van der Waals surface area contributed by atoms with E-state index < -0.39 is 17.1 Å². The normalized spacial score (nSPS) is 11.2. The maximum Gasteiger partial charge on any atom is 0.335 e. The highest BCUT2D eigenvalue weighted by molar-refractivity contribution is 6.09. The fourth-order valence-electron chi connectivity index (χ4n) is 3.30. The SMILES string of the molecule is COc1ccc(-n2c(O)c(C(=NCc3ccccc3)Nc3ccccc3)c(=O)[nH]c2=O)cc1. The number of benzene rings is 3. The molecule has 0 bridgehead atoms. The van der Waals surface area contributed by atoms with E-state index in [1.807, 2.05) is 60.7 Å². The molecular weight excluding hydrogens is 420 g/mol. The first-order valence-electron chi connectivity index (χ1n) is 10.2. The summed E-state index contributed by atoms with van der Waals surface area (Å²) in [5.74, 6) is 0.196. The lowest BCUT2D eigenvalue weighted by Crippen LogP contribution is -2.35. The lowest BCUT2D eigenvalue weighted by Gasteiger charge is -2.15. The molecule has 0 aliphatic rings. The van der Waals surface area contributed by atoms with Crippen LogP contribution in [0, 0.1) is 0 Å². The van der Waals surface area contributed by atoms with E-state index in [1.165, 1.54) is 7.11 Å². The Hall–Kier alpha value is -4.59. The molecule has 8 nitrogen and oxygen atoms in total. The molecule has 0 fully saturated rings. The highest BCUT2D eigenvalue weighted by atomic mass is 16.5. The first-order valence-corrected chi connectivity index (χ1v) is 10.2. The summed E-state index contributed by atoms with van der Waals surface area (Å²) in [5, 5.41) is 14.2. The first-order chi connectivity index (χ1) is 16.1. The average Bonchev–Trinajstić information content (AvgIpc) is 2.84. The third-order valence-corrected chi connectivity index (χ3v) is 4.95. The Bertz CT molecular complexity index is 1380. The minimum atomic E-state index is -0.770. The molecule has 1 heterocycles. The number of H-pyrrole nitrogens is 1. The van der Waals surface area contributed by atoms with Crippen LogP contribution in [0.5, 0.6) is 11.6 Å². The van der Waals surface area contributed by atoms with Crippen LogP contribution in [0.1, 0.15) is 11.1 Å². The fourth-order valence-corrected chi connectivity index (χ4v) is 3.30. The van der Waals surface area contributed by atoms with Gasteiger partial charge in [-0.2, -0.15) is 0 Å². The van der Waals surface area contributed by atoms with Gasteiger partial charge in [-0.3, -0.25) is 14.8 Å². The number of hydrogen-bond acceptors (Lipinski definition) is 5. The van der Waals surface area contributed by atoms with Gasteiger partial charge >= 0.3 is 5.69 Å². The van der Waals surface area contributed by atoms with Crippen LogP contribution in [-0.4, -0.2) is 27.6 Å². The lowest BCUT2D eigenvalue weighted by molar-refractivity contribution is 0.414. The van der Waals surface area contributed by atoms with Crippen molar-refractivity contribution in [1.82, 2.24) is 9.55 Å². The van der Waals surface area contributed by atoms with Gasteiger partial charge in [-0.05, 0) is 42.0 Å². The average molecular weight is 442 g/mol. The Balaban J connectivity index is 1.84. The van der Waals surface area contributed by atoms with Crippen LogP contribution in [0.15, 0.2) is 99.5 Å². The summed E-state index contributed by atoms with van der Waals surface area (Å²) in [6.45, 7) is 0.260. The molecule has 4 rings (SSSR count).